The van der Waals surface area contributed by atoms with Gasteiger partial charge in [0.15, 0.2) is 0 Å². The molecule has 0 aromatic heterocycles. The maximum absolute atomic E-state index is 13.3. The Labute approximate surface area is 128 Å². The topological polar surface area (TPSA) is 78.4 Å². The molecular formula is C16H21FN2O3. The van der Waals surface area contributed by atoms with Crippen LogP contribution in [-0.2, 0) is 9.59 Å². The number of anilines is 1. The fraction of sp³-hybridized carbons (Fsp3) is 0.500. The number of aliphatic hydroxyl groups is 1. The Morgan fingerprint density at radius 1 is 1.23 bits per heavy atom. The molecule has 120 valence electrons. The first kappa shape index (κ1) is 16.4. The van der Waals surface area contributed by atoms with Crippen molar-refractivity contribution in [1.29, 1.82) is 0 Å². The Morgan fingerprint density at radius 3 is 2.64 bits per heavy atom. The second-order valence-corrected chi connectivity index (χ2v) is 5.78. The number of aryl methyl sites for hydroxylation is 1. The van der Waals surface area contributed by atoms with Gasteiger partial charge in [0, 0.05) is 24.3 Å². The van der Waals surface area contributed by atoms with E-state index in [0.717, 1.165) is 31.7 Å². The molecule has 0 heterocycles. The van der Waals surface area contributed by atoms with E-state index in [1.165, 1.54) is 6.07 Å². The van der Waals surface area contributed by atoms with E-state index < -0.39 is 17.6 Å². The van der Waals surface area contributed by atoms with Crippen LogP contribution in [0.1, 0.15) is 31.2 Å². The first-order valence-electron chi connectivity index (χ1n) is 7.49. The molecule has 6 heteroatoms. The smallest absolute Gasteiger partial charge is 0.313 e. The van der Waals surface area contributed by atoms with Gasteiger partial charge in [-0.15, -0.1) is 0 Å². The number of aliphatic hydroxyl groups excluding tert-OH is 1. The van der Waals surface area contributed by atoms with Crippen LogP contribution in [0.3, 0.4) is 0 Å². The van der Waals surface area contributed by atoms with E-state index in [9.17, 15) is 19.1 Å². The molecule has 0 aliphatic heterocycles. The quantitative estimate of drug-likeness (QED) is 0.744. The van der Waals surface area contributed by atoms with Crippen molar-refractivity contribution in [2.75, 3.05) is 11.9 Å². The molecule has 0 bridgehead atoms. The summed E-state index contributed by atoms with van der Waals surface area (Å²) in [5.41, 5.74) is 0.906. The summed E-state index contributed by atoms with van der Waals surface area (Å²) >= 11 is 0. The summed E-state index contributed by atoms with van der Waals surface area (Å²) < 4.78 is 13.3. The minimum Gasteiger partial charge on any atom is -0.396 e. The van der Waals surface area contributed by atoms with Crippen molar-refractivity contribution < 1.29 is 19.1 Å². The number of benzene rings is 1. The number of carbonyl (C=O) groups excluding carboxylic acids is 2. The number of nitrogens with one attached hydrogen (secondary N) is 2. The molecule has 1 aromatic carbocycles. The molecule has 0 radical (unpaired) electrons. The summed E-state index contributed by atoms with van der Waals surface area (Å²) in [7, 11) is 0. The molecule has 1 aliphatic rings. The average Bonchev–Trinajstić information content (AvgIpc) is 2.46. The first-order chi connectivity index (χ1) is 10.5. The van der Waals surface area contributed by atoms with Gasteiger partial charge in [-0.25, -0.2) is 4.39 Å². The molecule has 3 N–H and O–H groups in total. The van der Waals surface area contributed by atoms with Crippen LogP contribution in [0, 0.1) is 18.7 Å². The first-order valence-corrected chi connectivity index (χ1v) is 7.49. The number of amides is 2. The number of rotatable bonds is 3. The summed E-state index contributed by atoms with van der Waals surface area (Å²) in [4.78, 5) is 23.8. The molecule has 22 heavy (non-hydrogen) atoms. The Bertz CT molecular complexity index is 542. The van der Waals surface area contributed by atoms with Crippen LogP contribution in [-0.4, -0.2) is 29.6 Å². The van der Waals surface area contributed by atoms with Crippen LogP contribution in [0.4, 0.5) is 10.1 Å². The van der Waals surface area contributed by atoms with Crippen LogP contribution in [0.5, 0.6) is 0 Å². The second kappa shape index (κ2) is 7.35. The van der Waals surface area contributed by atoms with Crippen molar-refractivity contribution in [3.8, 4) is 0 Å². The summed E-state index contributed by atoms with van der Waals surface area (Å²) in [6, 6.07) is 3.90. The lowest BCUT2D eigenvalue weighted by Gasteiger charge is -2.30. The Kier molecular flexibility index (Phi) is 5.49. The standard InChI is InChI=1S/C16H21FN2O3/c1-10-6-12(17)8-13(7-10)18-15(21)16(22)19-14-5-3-2-4-11(14)9-20/h6-8,11,14,20H,2-5,9H2,1H3,(H,18,21)(H,19,22). The monoisotopic (exact) mass is 308 g/mol. The molecule has 2 rings (SSSR count). The minimum absolute atomic E-state index is 0.00431. The van der Waals surface area contributed by atoms with Crippen molar-refractivity contribution in [3.05, 3.63) is 29.6 Å². The predicted molar refractivity (Wildman–Crippen MR) is 80.7 cm³/mol. The molecule has 2 unspecified atom stereocenters. The predicted octanol–water partition coefficient (Wildman–Crippen LogP) is 1.74. The van der Waals surface area contributed by atoms with Crippen molar-refractivity contribution in [2.45, 2.75) is 38.6 Å². The summed E-state index contributed by atoms with van der Waals surface area (Å²) in [6.45, 7) is 1.70. The summed E-state index contributed by atoms with van der Waals surface area (Å²) in [5.74, 6) is -2.07. The van der Waals surface area contributed by atoms with Gasteiger partial charge in [0.2, 0.25) is 0 Å². The van der Waals surface area contributed by atoms with E-state index in [-0.39, 0.29) is 24.3 Å². The highest BCUT2D eigenvalue weighted by atomic mass is 19.1. The van der Waals surface area contributed by atoms with Crippen LogP contribution in [0.15, 0.2) is 18.2 Å². The van der Waals surface area contributed by atoms with Gasteiger partial charge in [-0.2, -0.15) is 0 Å². The third-order valence-corrected chi connectivity index (χ3v) is 3.97. The van der Waals surface area contributed by atoms with Crippen molar-refractivity contribution >= 4 is 17.5 Å². The molecule has 1 aromatic rings. The van der Waals surface area contributed by atoms with Gasteiger partial charge in [0.05, 0.1) is 0 Å². The average molecular weight is 308 g/mol. The third kappa shape index (κ3) is 4.27. The van der Waals surface area contributed by atoms with E-state index in [4.69, 9.17) is 0 Å². The van der Waals surface area contributed by atoms with E-state index >= 15 is 0 Å². The lowest BCUT2D eigenvalue weighted by Crippen LogP contribution is -2.47. The highest BCUT2D eigenvalue weighted by molar-refractivity contribution is 6.39. The van der Waals surface area contributed by atoms with Crippen LogP contribution < -0.4 is 10.6 Å². The zero-order valence-electron chi connectivity index (χ0n) is 12.6. The van der Waals surface area contributed by atoms with E-state index in [0.29, 0.717) is 5.56 Å². The number of halogens is 1. The highest BCUT2D eigenvalue weighted by Gasteiger charge is 2.27. The number of hydrogen-bond donors (Lipinski definition) is 3. The second-order valence-electron chi connectivity index (χ2n) is 5.78. The fourth-order valence-electron chi connectivity index (χ4n) is 2.85. The molecule has 2 atom stereocenters. The van der Waals surface area contributed by atoms with Crippen molar-refractivity contribution in [1.82, 2.24) is 5.32 Å². The summed E-state index contributed by atoms with van der Waals surface area (Å²) in [6.07, 6.45) is 3.58. The minimum atomic E-state index is -0.827. The zero-order chi connectivity index (χ0) is 16.1. The molecule has 5 nitrogen and oxygen atoms in total. The van der Waals surface area contributed by atoms with Crippen molar-refractivity contribution in [2.24, 2.45) is 5.92 Å². The Balaban J connectivity index is 1.95. The molecule has 0 spiro atoms. The largest absolute Gasteiger partial charge is 0.396 e. The Hall–Kier alpha value is -1.95. The van der Waals surface area contributed by atoms with Gasteiger partial charge < -0.3 is 15.7 Å². The summed E-state index contributed by atoms with van der Waals surface area (Å²) in [5, 5.41) is 14.4. The third-order valence-electron chi connectivity index (χ3n) is 3.97. The van der Waals surface area contributed by atoms with E-state index in [2.05, 4.69) is 10.6 Å². The molecule has 1 fully saturated rings. The van der Waals surface area contributed by atoms with Gasteiger partial charge in [0.25, 0.3) is 0 Å². The van der Waals surface area contributed by atoms with Gasteiger partial charge in [0.1, 0.15) is 5.82 Å². The molecule has 2 amide bonds. The lowest BCUT2D eigenvalue weighted by atomic mass is 9.85. The van der Waals surface area contributed by atoms with Gasteiger partial charge in [-0.05, 0) is 43.5 Å². The molecule has 1 saturated carbocycles. The number of hydrogen-bond acceptors (Lipinski definition) is 3. The number of carbonyl (C=O) groups is 2. The fourth-order valence-corrected chi connectivity index (χ4v) is 2.85. The molecule has 1 aliphatic carbocycles. The van der Waals surface area contributed by atoms with Crippen LogP contribution in [0.25, 0.3) is 0 Å². The van der Waals surface area contributed by atoms with Gasteiger partial charge in [-0.3, -0.25) is 9.59 Å². The maximum Gasteiger partial charge on any atom is 0.313 e. The van der Waals surface area contributed by atoms with Gasteiger partial charge in [-0.1, -0.05) is 12.8 Å². The zero-order valence-corrected chi connectivity index (χ0v) is 12.6. The van der Waals surface area contributed by atoms with Crippen molar-refractivity contribution in [3.63, 3.8) is 0 Å². The molecular weight excluding hydrogens is 287 g/mol. The van der Waals surface area contributed by atoms with E-state index in [1.807, 2.05) is 0 Å². The molecule has 0 saturated heterocycles. The highest BCUT2D eigenvalue weighted by Crippen LogP contribution is 2.24. The van der Waals surface area contributed by atoms with Crippen LogP contribution in [0.2, 0.25) is 0 Å². The maximum atomic E-state index is 13.3. The lowest BCUT2D eigenvalue weighted by molar-refractivity contribution is -0.137. The van der Waals surface area contributed by atoms with E-state index in [1.54, 1.807) is 13.0 Å². The Morgan fingerprint density at radius 2 is 1.95 bits per heavy atom. The SMILES string of the molecule is Cc1cc(F)cc(NC(=O)C(=O)NC2CCCCC2CO)c1. The normalized spacial score (nSPS) is 21.2. The van der Waals surface area contributed by atoms with Crippen LogP contribution >= 0.6 is 0 Å². The van der Waals surface area contributed by atoms with Gasteiger partial charge >= 0.3 is 11.8 Å².